The maximum atomic E-state index is 5.83. The second-order valence-electron chi connectivity index (χ2n) is 3.45. The summed E-state index contributed by atoms with van der Waals surface area (Å²) >= 11 is 0. The quantitative estimate of drug-likeness (QED) is 0.841. The number of halogens is 1. The number of hydrogen-bond donors (Lipinski definition) is 1. The molecular weight excluding hydrogens is 254 g/mol. The van der Waals surface area contributed by atoms with Crippen LogP contribution < -0.4 is 10.5 Å². The monoisotopic (exact) mass is 269 g/mol. The number of rotatable bonds is 5. The summed E-state index contributed by atoms with van der Waals surface area (Å²) in [5, 5.41) is 0.838. The number of ether oxygens (including phenoxy) is 2. The van der Waals surface area contributed by atoms with Crippen LogP contribution in [-0.2, 0) is 4.74 Å². The van der Waals surface area contributed by atoms with Gasteiger partial charge in [0.1, 0.15) is 12.4 Å². The molecule has 0 atom stereocenters. The first-order valence-electron chi connectivity index (χ1n) is 5.54. The molecule has 6 heteroatoms. The zero-order valence-electron chi connectivity index (χ0n) is 10.1. The van der Waals surface area contributed by atoms with Crippen molar-refractivity contribution < 1.29 is 9.47 Å². The molecular formula is C12H16ClN3O2. The van der Waals surface area contributed by atoms with Gasteiger partial charge in [-0.15, -0.1) is 12.4 Å². The number of nitrogens with two attached hydrogens (primary N) is 1. The van der Waals surface area contributed by atoms with Gasteiger partial charge in [-0.25, -0.2) is 0 Å². The molecule has 2 aromatic rings. The first-order chi connectivity index (χ1) is 8.31. The predicted molar refractivity (Wildman–Crippen MR) is 73.2 cm³/mol. The molecule has 2 rings (SSSR count). The van der Waals surface area contributed by atoms with E-state index in [4.69, 9.17) is 15.2 Å². The SMILES string of the molecule is CCOCCOc1nc(N)c2ccccc2n1.Cl. The number of nitrogen functional groups attached to an aromatic ring is 1. The van der Waals surface area contributed by atoms with Gasteiger partial charge in [-0.1, -0.05) is 12.1 Å². The van der Waals surface area contributed by atoms with Gasteiger partial charge in [-0.05, 0) is 19.1 Å². The fourth-order valence-corrected chi connectivity index (χ4v) is 1.48. The average molecular weight is 270 g/mol. The fraction of sp³-hybridized carbons (Fsp3) is 0.333. The van der Waals surface area contributed by atoms with Crippen molar-refractivity contribution >= 4 is 29.1 Å². The van der Waals surface area contributed by atoms with Gasteiger partial charge in [0.15, 0.2) is 0 Å². The number of aromatic nitrogens is 2. The van der Waals surface area contributed by atoms with Gasteiger partial charge in [0.2, 0.25) is 0 Å². The molecule has 1 aromatic carbocycles. The second-order valence-corrected chi connectivity index (χ2v) is 3.45. The minimum Gasteiger partial charge on any atom is -0.461 e. The van der Waals surface area contributed by atoms with E-state index in [1.807, 2.05) is 31.2 Å². The minimum atomic E-state index is 0. The molecule has 0 aliphatic heterocycles. The van der Waals surface area contributed by atoms with E-state index in [-0.39, 0.29) is 12.4 Å². The summed E-state index contributed by atoms with van der Waals surface area (Å²) in [7, 11) is 0. The van der Waals surface area contributed by atoms with Gasteiger partial charge in [0.25, 0.3) is 0 Å². The predicted octanol–water partition coefficient (Wildman–Crippen LogP) is 2.05. The molecule has 5 nitrogen and oxygen atoms in total. The molecule has 0 saturated heterocycles. The van der Waals surface area contributed by atoms with Crippen molar-refractivity contribution in [3.63, 3.8) is 0 Å². The largest absolute Gasteiger partial charge is 0.461 e. The Bertz CT molecular complexity index is 508. The molecule has 0 saturated carbocycles. The third-order valence-corrected chi connectivity index (χ3v) is 2.28. The summed E-state index contributed by atoms with van der Waals surface area (Å²) in [5.41, 5.74) is 6.61. The normalized spacial score (nSPS) is 10.1. The summed E-state index contributed by atoms with van der Waals surface area (Å²) in [4.78, 5) is 8.35. The van der Waals surface area contributed by atoms with E-state index in [1.165, 1.54) is 0 Å². The van der Waals surface area contributed by atoms with Gasteiger partial charge in [-0.2, -0.15) is 9.97 Å². The van der Waals surface area contributed by atoms with E-state index < -0.39 is 0 Å². The Morgan fingerprint density at radius 2 is 1.94 bits per heavy atom. The van der Waals surface area contributed by atoms with Gasteiger partial charge in [0.05, 0.1) is 12.1 Å². The molecule has 0 fully saturated rings. The molecule has 0 amide bonds. The molecule has 1 heterocycles. The molecule has 0 bridgehead atoms. The number of anilines is 1. The van der Waals surface area contributed by atoms with E-state index in [0.717, 1.165) is 10.9 Å². The van der Waals surface area contributed by atoms with Crippen LogP contribution in [0, 0.1) is 0 Å². The van der Waals surface area contributed by atoms with E-state index >= 15 is 0 Å². The zero-order chi connectivity index (χ0) is 12.1. The second kappa shape index (κ2) is 6.98. The Kier molecular flexibility index (Phi) is 5.61. The van der Waals surface area contributed by atoms with E-state index in [2.05, 4.69) is 9.97 Å². The van der Waals surface area contributed by atoms with Gasteiger partial charge in [-0.3, -0.25) is 0 Å². The molecule has 0 unspecified atom stereocenters. The van der Waals surface area contributed by atoms with Crippen LogP contribution in [-0.4, -0.2) is 29.8 Å². The van der Waals surface area contributed by atoms with Gasteiger partial charge in [0, 0.05) is 12.0 Å². The van der Waals surface area contributed by atoms with Crippen LogP contribution in [0.4, 0.5) is 5.82 Å². The Balaban J connectivity index is 0.00000162. The topological polar surface area (TPSA) is 70.3 Å². The lowest BCUT2D eigenvalue weighted by Crippen LogP contribution is -2.09. The van der Waals surface area contributed by atoms with Crippen LogP contribution in [0.5, 0.6) is 6.01 Å². The van der Waals surface area contributed by atoms with Crippen molar-refractivity contribution in [3.05, 3.63) is 24.3 Å². The van der Waals surface area contributed by atoms with Crippen molar-refractivity contribution in [1.82, 2.24) is 9.97 Å². The van der Waals surface area contributed by atoms with Crippen molar-refractivity contribution in [2.24, 2.45) is 0 Å². The molecule has 0 radical (unpaired) electrons. The summed E-state index contributed by atoms with van der Waals surface area (Å²) < 4.78 is 10.5. The summed E-state index contributed by atoms with van der Waals surface area (Å²) in [6.07, 6.45) is 0. The smallest absolute Gasteiger partial charge is 0.319 e. The Morgan fingerprint density at radius 1 is 1.17 bits per heavy atom. The van der Waals surface area contributed by atoms with Gasteiger partial charge >= 0.3 is 6.01 Å². The lowest BCUT2D eigenvalue weighted by atomic mass is 10.2. The van der Waals surface area contributed by atoms with Gasteiger partial charge < -0.3 is 15.2 Å². The van der Waals surface area contributed by atoms with Crippen molar-refractivity contribution in [1.29, 1.82) is 0 Å². The maximum Gasteiger partial charge on any atom is 0.319 e. The third kappa shape index (κ3) is 3.45. The zero-order valence-corrected chi connectivity index (χ0v) is 10.9. The third-order valence-electron chi connectivity index (χ3n) is 2.28. The summed E-state index contributed by atoms with van der Waals surface area (Å²) in [6, 6.07) is 7.86. The molecule has 0 spiro atoms. The first kappa shape index (κ1) is 14.5. The fourth-order valence-electron chi connectivity index (χ4n) is 1.48. The highest BCUT2D eigenvalue weighted by atomic mass is 35.5. The lowest BCUT2D eigenvalue weighted by molar-refractivity contribution is 0.106. The molecule has 2 N–H and O–H groups in total. The number of hydrogen-bond acceptors (Lipinski definition) is 5. The molecule has 1 aromatic heterocycles. The average Bonchev–Trinajstić information content (AvgIpc) is 2.35. The van der Waals surface area contributed by atoms with E-state index in [9.17, 15) is 0 Å². The number of benzene rings is 1. The standard InChI is InChI=1S/C12H15N3O2.ClH/c1-2-16-7-8-17-12-14-10-6-4-3-5-9(10)11(13)15-12;/h3-6H,2,7-8H2,1H3,(H2,13,14,15);1H. The highest BCUT2D eigenvalue weighted by Crippen LogP contribution is 2.19. The van der Waals surface area contributed by atoms with Crippen LogP contribution in [0.1, 0.15) is 6.92 Å². The van der Waals surface area contributed by atoms with Crippen LogP contribution >= 0.6 is 12.4 Å². The van der Waals surface area contributed by atoms with E-state index in [0.29, 0.717) is 31.6 Å². The summed E-state index contributed by atoms with van der Waals surface area (Å²) in [5.74, 6) is 0.432. The molecule has 0 aliphatic carbocycles. The Hall–Kier alpha value is -1.59. The highest BCUT2D eigenvalue weighted by molar-refractivity contribution is 5.88. The number of para-hydroxylation sites is 1. The van der Waals surface area contributed by atoms with E-state index in [1.54, 1.807) is 0 Å². The number of fused-ring (bicyclic) bond motifs is 1. The maximum absolute atomic E-state index is 5.83. The first-order valence-corrected chi connectivity index (χ1v) is 5.54. The molecule has 0 aliphatic rings. The molecule has 18 heavy (non-hydrogen) atoms. The summed E-state index contributed by atoms with van der Waals surface area (Å²) in [6.45, 7) is 3.55. The van der Waals surface area contributed by atoms with Crippen LogP contribution in [0.2, 0.25) is 0 Å². The lowest BCUT2D eigenvalue weighted by Gasteiger charge is -2.06. The van der Waals surface area contributed by atoms with Crippen LogP contribution in [0.25, 0.3) is 10.9 Å². The Labute approximate surface area is 112 Å². The number of nitrogens with zero attached hydrogens (tertiary/aromatic N) is 2. The highest BCUT2D eigenvalue weighted by Gasteiger charge is 2.04. The molecule has 98 valence electrons. The van der Waals surface area contributed by atoms with Crippen molar-refractivity contribution in [3.8, 4) is 6.01 Å². The minimum absolute atomic E-state index is 0. The van der Waals surface area contributed by atoms with Crippen molar-refractivity contribution in [2.75, 3.05) is 25.6 Å². The van der Waals surface area contributed by atoms with Crippen LogP contribution in [0.3, 0.4) is 0 Å². The van der Waals surface area contributed by atoms with Crippen molar-refractivity contribution in [2.45, 2.75) is 6.92 Å². The Morgan fingerprint density at radius 3 is 2.72 bits per heavy atom. The van der Waals surface area contributed by atoms with Crippen LogP contribution in [0.15, 0.2) is 24.3 Å².